The number of hydrogen-bond donors (Lipinski definition) is 1. The van der Waals surface area contributed by atoms with Crippen LogP contribution in [-0.2, 0) is 0 Å². The van der Waals surface area contributed by atoms with Crippen molar-refractivity contribution in [3.63, 3.8) is 0 Å². The van der Waals surface area contributed by atoms with E-state index < -0.39 is 0 Å². The second-order valence-electron chi connectivity index (χ2n) is 7.99. The number of hydrogen-bond acceptors (Lipinski definition) is 4. The third kappa shape index (κ3) is 4.49. The van der Waals surface area contributed by atoms with Gasteiger partial charge in [0.15, 0.2) is 0 Å². The minimum Gasteiger partial charge on any atom is -0.497 e. The molecule has 4 rings (SSSR count). The van der Waals surface area contributed by atoms with Gasteiger partial charge in [0, 0.05) is 37.8 Å². The SMILES string of the molecule is COc1ccc(C(=O)Nc2ccccc2C(=O)N2CCN(C3CCCC3)CC2)cc1. The fraction of sp³-hybridized carbons (Fsp3) is 0.417. The standard InChI is InChI=1S/C24H29N3O3/c1-30-20-12-10-18(11-13-20)23(28)25-22-9-5-4-8-21(22)24(29)27-16-14-26(15-17-27)19-6-2-3-7-19/h4-5,8-13,19H,2-3,6-7,14-17H2,1H3,(H,25,28). The summed E-state index contributed by atoms with van der Waals surface area (Å²) in [5, 5.41) is 2.90. The number of para-hydroxylation sites is 1. The maximum Gasteiger partial charge on any atom is 0.256 e. The van der Waals surface area contributed by atoms with Crippen LogP contribution in [-0.4, -0.2) is 60.9 Å². The van der Waals surface area contributed by atoms with Crippen molar-refractivity contribution in [2.24, 2.45) is 0 Å². The summed E-state index contributed by atoms with van der Waals surface area (Å²) < 4.78 is 5.14. The quantitative estimate of drug-likeness (QED) is 0.822. The van der Waals surface area contributed by atoms with Crippen LogP contribution >= 0.6 is 0 Å². The van der Waals surface area contributed by atoms with Gasteiger partial charge in [-0.25, -0.2) is 0 Å². The highest BCUT2D eigenvalue weighted by Gasteiger charge is 2.29. The van der Waals surface area contributed by atoms with E-state index in [-0.39, 0.29) is 11.8 Å². The number of benzene rings is 2. The summed E-state index contributed by atoms with van der Waals surface area (Å²) in [7, 11) is 1.59. The Balaban J connectivity index is 1.42. The van der Waals surface area contributed by atoms with E-state index in [0.717, 1.165) is 26.2 Å². The molecule has 6 heteroatoms. The molecule has 30 heavy (non-hydrogen) atoms. The van der Waals surface area contributed by atoms with E-state index in [0.29, 0.717) is 28.6 Å². The molecular weight excluding hydrogens is 378 g/mol. The van der Waals surface area contributed by atoms with Crippen LogP contribution < -0.4 is 10.1 Å². The van der Waals surface area contributed by atoms with Crippen LogP contribution in [0.15, 0.2) is 48.5 Å². The summed E-state index contributed by atoms with van der Waals surface area (Å²) in [4.78, 5) is 30.3. The van der Waals surface area contributed by atoms with E-state index in [1.807, 2.05) is 17.0 Å². The highest BCUT2D eigenvalue weighted by molar-refractivity contribution is 6.09. The number of methoxy groups -OCH3 is 1. The van der Waals surface area contributed by atoms with Gasteiger partial charge >= 0.3 is 0 Å². The van der Waals surface area contributed by atoms with Crippen LogP contribution in [0.5, 0.6) is 5.75 Å². The van der Waals surface area contributed by atoms with Gasteiger partial charge in [-0.2, -0.15) is 0 Å². The fourth-order valence-corrected chi connectivity index (χ4v) is 4.45. The third-order valence-corrected chi connectivity index (χ3v) is 6.20. The van der Waals surface area contributed by atoms with Gasteiger partial charge in [-0.3, -0.25) is 14.5 Å². The van der Waals surface area contributed by atoms with Crippen molar-refractivity contribution < 1.29 is 14.3 Å². The largest absolute Gasteiger partial charge is 0.497 e. The van der Waals surface area contributed by atoms with E-state index in [4.69, 9.17) is 4.74 Å². The molecule has 2 fully saturated rings. The lowest BCUT2D eigenvalue weighted by Gasteiger charge is -2.38. The summed E-state index contributed by atoms with van der Waals surface area (Å²) in [6.07, 6.45) is 5.22. The first-order chi connectivity index (χ1) is 14.7. The fourth-order valence-electron chi connectivity index (χ4n) is 4.45. The molecule has 158 valence electrons. The Kier molecular flexibility index (Phi) is 6.33. The maximum absolute atomic E-state index is 13.2. The molecule has 1 aliphatic heterocycles. The number of amides is 2. The smallest absolute Gasteiger partial charge is 0.256 e. The van der Waals surface area contributed by atoms with Gasteiger partial charge in [-0.15, -0.1) is 0 Å². The summed E-state index contributed by atoms with van der Waals surface area (Å²) in [5.41, 5.74) is 1.60. The van der Waals surface area contributed by atoms with Crippen molar-refractivity contribution in [3.05, 3.63) is 59.7 Å². The van der Waals surface area contributed by atoms with Crippen LogP contribution in [0.25, 0.3) is 0 Å². The molecule has 2 amide bonds. The van der Waals surface area contributed by atoms with Gasteiger partial charge in [-0.05, 0) is 49.2 Å². The minimum atomic E-state index is -0.246. The molecule has 2 aromatic rings. The van der Waals surface area contributed by atoms with Crippen molar-refractivity contribution in [1.82, 2.24) is 9.80 Å². The normalized spacial score (nSPS) is 17.7. The zero-order chi connectivity index (χ0) is 20.9. The Morgan fingerprint density at radius 1 is 0.933 bits per heavy atom. The molecule has 0 radical (unpaired) electrons. The topological polar surface area (TPSA) is 61.9 Å². The van der Waals surface area contributed by atoms with Gasteiger partial charge in [0.25, 0.3) is 11.8 Å². The lowest BCUT2D eigenvalue weighted by Crippen LogP contribution is -2.51. The number of ether oxygens (including phenoxy) is 1. The van der Waals surface area contributed by atoms with Gasteiger partial charge in [-0.1, -0.05) is 25.0 Å². The number of piperazine rings is 1. The number of nitrogens with zero attached hydrogens (tertiary/aromatic N) is 2. The number of carbonyl (C=O) groups is 2. The molecule has 1 N–H and O–H groups in total. The molecule has 0 spiro atoms. The molecule has 0 aromatic heterocycles. The molecule has 6 nitrogen and oxygen atoms in total. The van der Waals surface area contributed by atoms with E-state index in [9.17, 15) is 9.59 Å². The molecular formula is C24H29N3O3. The van der Waals surface area contributed by atoms with Crippen LogP contribution in [0.2, 0.25) is 0 Å². The van der Waals surface area contributed by atoms with Crippen molar-refractivity contribution >= 4 is 17.5 Å². The van der Waals surface area contributed by atoms with Crippen LogP contribution in [0.3, 0.4) is 0 Å². The Bertz CT molecular complexity index is 883. The first kappa shape index (κ1) is 20.4. The minimum absolute atomic E-state index is 0.0216. The summed E-state index contributed by atoms with van der Waals surface area (Å²) >= 11 is 0. The highest BCUT2D eigenvalue weighted by Crippen LogP contribution is 2.25. The molecule has 1 heterocycles. The second kappa shape index (κ2) is 9.30. The predicted molar refractivity (Wildman–Crippen MR) is 117 cm³/mol. The average Bonchev–Trinajstić information content (AvgIpc) is 3.34. The highest BCUT2D eigenvalue weighted by atomic mass is 16.5. The molecule has 0 atom stereocenters. The van der Waals surface area contributed by atoms with Gasteiger partial charge in [0.1, 0.15) is 5.75 Å². The maximum atomic E-state index is 13.2. The van der Waals surface area contributed by atoms with Gasteiger partial charge in [0.2, 0.25) is 0 Å². The molecule has 1 aliphatic carbocycles. The van der Waals surface area contributed by atoms with Crippen molar-refractivity contribution in [1.29, 1.82) is 0 Å². The number of anilines is 1. The first-order valence-electron chi connectivity index (χ1n) is 10.7. The zero-order valence-electron chi connectivity index (χ0n) is 17.5. The third-order valence-electron chi connectivity index (χ3n) is 6.20. The molecule has 0 unspecified atom stereocenters. The van der Waals surface area contributed by atoms with E-state index in [2.05, 4.69) is 10.2 Å². The molecule has 0 bridgehead atoms. The Morgan fingerprint density at radius 2 is 1.60 bits per heavy atom. The number of nitrogens with one attached hydrogen (secondary N) is 1. The van der Waals surface area contributed by atoms with Crippen molar-refractivity contribution in [2.75, 3.05) is 38.6 Å². The number of rotatable bonds is 5. The molecule has 1 saturated carbocycles. The van der Waals surface area contributed by atoms with Crippen molar-refractivity contribution in [2.45, 2.75) is 31.7 Å². The monoisotopic (exact) mass is 407 g/mol. The zero-order valence-corrected chi connectivity index (χ0v) is 17.5. The van der Waals surface area contributed by atoms with Gasteiger partial charge in [0.05, 0.1) is 18.4 Å². The molecule has 2 aliphatic rings. The van der Waals surface area contributed by atoms with Crippen LogP contribution in [0, 0.1) is 0 Å². The van der Waals surface area contributed by atoms with Crippen LogP contribution in [0.1, 0.15) is 46.4 Å². The Labute approximate surface area is 177 Å². The lowest BCUT2D eigenvalue weighted by molar-refractivity contribution is 0.0574. The summed E-state index contributed by atoms with van der Waals surface area (Å²) in [6, 6.07) is 14.8. The van der Waals surface area contributed by atoms with Gasteiger partial charge < -0.3 is 15.0 Å². The Morgan fingerprint density at radius 3 is 2.27 bits per heavy atom. The Hall–Kier alpha value is -2.86. The predicted octanol–water partition coefficient (Wildman–Crippen LogP) is 3.65. The summed E-state index contributed by atoms with van der Waals surface area (Å²) in [5.74, 6) is 0.425. The summed E-state index contributed by atoms with van der Waals surface area (Å²) in [6.45, 7) is 3.32. The number of carbonyl (C=O) groups excluding carboxylic acids is 2. The van der Waals surface area contributed by atoms with E-state index >= 15 is 0 Å². The first-order valence-corrected chi connectivity index (χ1v) is 10.7. The molecule has 1 saturated heterocycles. The lowest BCUT2D eigenvalue weighted by atomic mass is 10.1. The van der Waals surface area contributed by atoms with Crippen molar-refractivity contribution in [3.8, 4) is 5.75 Å². The second-order valence-corrected chi connectivity index (χ2v) is 7.99. The van der Waals surface area contributed by atoms with Crippen LogP contribution in [0.4, 0.5) is 5.69 Å². The van der Waals surface area contributed by atoms with E-state index in [1.165, 1.54) is 25.7 Å². The van der Waals surface area contributed by atoms with E-state index in [1.54, 1.807) is 43.5 Å². The molecule has 2 aromatic carbocycles. The average molecular weight is 408 g/mol.